The van der Waals surface area contributed by atoms with E-state index in [1.807, 2.05) is 0 Å². The van der Waals surface area contributed by atoms with Gasteiger partial charge >= 0.3 is 18.1 Å². The van der Waals surface area contributed by atoms with Crippen molar-refractivity contribution >= 4 is 18.1 Å². The number of esters is 2. The number of benzene rings is 1. The summed E-state index contributed by atoms with van der Waals surface area (Å²) in [5.74, 6) is -1.28. The van der Waals surface area contributed by atoms with E-state index >= 15 is 0 Å². The molecule has 3 rings (SSSR count). The van der Waals surface area contributed by atoms with Crippen molar-refractivity contribution in [1.82, 2.24) is 0 Å². The molecule has 0 amide bonds. The van der Waals surface area contributed by atoms with Gasteiger partial charge in [-0.3, -0.25) is 9.63 Å². The zero-order chi connectivity index (χ0) is 22.5. The lowest BCUT2D eigenvalue weighted by atomic mass is 10.1. The molecular formula is C18H19NO12. The van der Waals surface area contributed by atoms with E-state index in [4.69, 9.17) is 23.7 Å². The third-order valence-corrected chi connectivity index (χ3v) is 4.33. The molecule has 0 aliphatic carbocycles. The minimum Gasteiger partial charge on any atom is -0.453 e. The van der Waals surface area contributed by atoms with Crippen LogP contribution in [0.1, 0.15) is 24.2 Å². The number of hydrogen-bond donors (Lipinski definition) is 0. The Labute approximate surface area is 175 Å². The SMILES string of the molecule is CC(=O)Oc1ccccc1C(=O)OC1COC2C(OC(=O)OC(C)O[N+](=O)[O-])COC12. The molecule has 0 bridgehead atoms. The van der Waals surface area contributed by atoms with E-state index in [-0.39, 0.29) is 24.5 Å². The molecule has 0 spiro atoms. The molecule has 13 heteroatoms. The van der Waals surface area contributed by atoms with Crippen LogP contribution in [0, 0.1) is 10.1 Å². The summed E-state index contributed by atoms with van der Waals surface area (Å²) in [6.45, 7) is 2.27. The predicted molar refractivity (Wildman–Crippen MR) is 95.3 cm³/mol. The number of carbonyl (C=O) groups is 3. The minimum absolute atomic E-state index is 0.0213. The second-order valence-corrected chi connectivity index (χ2v) is 6.55. The number of hydrogen-bond acceptors (Lipinski definition) is 12. The number of ether oxygens (including phenoxy) is 6. The van der Waals surface area contributed by atoms with Crippen LogP contribution < -0.4 is 4.74 Å². The minimum atomic E-state index is -1.46. The Morgan fingerprint density at radius 3 is 2.32 bits per heavy atom. The van der Waals surface area contributed by atoms with Gasteiger partial charge in [0.2, 0.25) is 6.29 Å². The molecule has 0 radical (unpaired) electrons. The Kier molecular flexibility index (Phi) is 6.87. The molecule has 5 atom stereocenters. The first-order valence-electron chi connectivity index (χ1n) is 9.14. The van der Waals surface area contributed by atoms with Crippen LogP contribution in [0.5, 0.6) is 5.75 Å². The van der Waals surface area contributed by atoms with Crippen molar-refractivity contribution in [1.29, 1.82) is 0 Å². The number of nitrogens with zero attached hydrogens (tertiary/aromatic N) is 1. The molecule has 5 unspecified atom stereocenters. The Morgan fingerprint density at radius 2 is 1.71 bits per heavy atom. The van der Waals surface area contributed by atoms with Crippen molar-refractivity contribution < 1.29 is 52.7 Å². The van der Waals surface area contributed by atoms with Crippen molar-refractivity contribution in [3.05, 3.63) is 39.9 Å². The molecule has 13 nitrogen and oxygen atoms in total. The molecule has 2 aliphatic rings. The summed E-state index contributed by atoms with van der Waals surface area (Å²) in [5, 5.41) is 9.13. The van der Waals surface area contributed by atoms with Gasteiger partial charge < -0.3 is 28.4 Å². The summed E-state index contributed by atoms with van der Waals surface area (Å²) in [5.41, 5.74) is 0.0512. The molecule has 1 aromatic rings. The third-order valence-electron chi connectivity index (χ3n) is 4.33. The van der Waals surface area contributed by atoms with Crippen molar-refractivity contribution in [3.63, 3.8) is 0 Å². The maximum Gasteiger partial charge on any atom is 0.510 e. The Hall–Kier alpha value is -3.45. The van der Waals surface area contributed by atoms with Gasteiger partial charge in [-0.25, -0.2) is 9.59 Å². The Morgan fingerprint density at radius 1 is 1.10 bits per heavy atom. The van der Waals surface area contributed by atoms with Crippen LogP contribution in [0.25, 0.3) is 0 Å². The first kappa shape index (κ1) is 22.2. The summed E-state index contributed by atoms with van der Waals surface area (Å²) in [6, 6.07) is 6.09. The molecule has 1 aromatic carbocycles. The average molecular weight is 441 g/mol. The highest BCUT2D eigenvalue weighted by atomic mass is 17.0. The fourth-order valence-corrected chi connectivity index (χ4v) is 3.14. The predicted octanol–water partition coefficient (Wildman–Crippen LogP) is 1.01. The smallest absolute Gasteiger partial charge is 0.453 e. The van der Waals surface area contributed by atoms with Crippen molar-refractivity contribution in [2.75, 3.05) is 13.2 Å². The van der Waals surface area contributed by atoms with Crippen LogP contribution in [0.15, 0.2) is 24.3 Å². The standard InChI is InChI=1S/C18H19NO12/c1-9(20)27-12-6-4-3-5-11(12)17(21)29-13-7-25-16-14(8-26-15(13)16)30-18(22)28-10(2)31-19(23)24/h3-6,10,13-16H,7-8H2,1-2H3. The molecule has 0 N–H and O–H groups in total. The lowest BCUT2D eigenvalue weighted by molar-refractivity contribution is -0.777. The van der Waals surface area contributed by atoms with Crippen molar-refractivity contribution in [2.24, 2.45) is 0 Å². The molecule has 0 saturated carbocycles. The van der Waals surface area contributed by atoms with Gasteiger partial charge in [0.1, 0.15) is 23.5 Å². The molecule has 168 valence electrons. The van der Waals surface area contributed by atoms with Crippen LogP contribution in [0.3, 0.4) is 0 Å². The van der Waals surface area contributed by atoms with Gasteiger partial charge in [-0.15, -0.1) is 10.1 Å². The first-order valence-corrected chi connectivity index (χ1v) is 9.14. The van der Waals surface area contributed by atoms with Gasteiger partial charge in [0, 0.05) is 6.92 Å². The van der Waals surface area contributed by atoms with Crippen LogP contribution in [-0.4, -0.2) is 67.1 Å². The van der Waals surface area contributed by atoms with Gasteiger partial charge in [-0.2, -0.15) is 0 Å². The first-order chi connectivity index (χ1) is 14.7. The highest BCUT2D eigenvalue weighted by Gasteiger charge is 2.51. The fourth-order valence-electron chi connectivity index (χ4n) is 3.14. The van der Waals surface area contributed by atoms with E-state index in [0.717, 1.165) is 6.92 Å². The van der Waals surface area contributed by atoms with Crippen LogP contribution in [0.4, 0.5) is 4.79 Å². The number of rotatable bonds is 7. The van der Waals surface area contributed by atoms with Gasteiger partial charge in [0.25, 0.3) is 5.09 Å². The summed E-state index contributed by atoms with van der Waals surface area (Å²) >= 11 is 0. The largest absolute Gasteiger partial charge is 0.510 e. The van der Waals surface area contributed by atoms with Gasteiger partial charge in [-0.05, 0) is 19.1 Å². The number of para-hydroxylation sites is 1. The van der Waals surface area contributed by atoms with Gasteiger partial charge in [0.05, 0.1) is 13.2 Å². The average Bonchev–Trinajstić information content (AvgIpc) is 3.24. The van der Waals surface area contributed by atoms with Crippen molar-refractivity contribution in [2.45, 2.75) is 44.6 Å². The molecule has 2 fully saturated rings. The summed E-state index contributed by atoms with van der Waals surface area (Å²) < 4.78 is 31.2. The highest BCUT2D eigenvalue weighted by Crippen LogP contribution is 2.32. The second-order valence-electron chi connectivity index (χ2n) is 6.55. The number of carbonyl (C=O) groups excluding carboxylic acids is 3. The van der Waals surface area contributed by atoms with Crippen molar-refractivity contribution in [3.8, 4) is 5.75 Å². The van der Waals surface area contributed by atoms with Crippen LogP contribution >= 0.6 is 0 Å². The topological polar surface area (TPSA) is 159 Å². The molecule has 31 heavy (non-hydrogen) atoms. The Balaban J connectivity index is 1.56. The summed E-state index contributed by atoms with van der Waals surface area (Å²) in [7, 11) is 0. The number of fused-ring (bicyclic) bond motifs is 1. The monoisotopic (exact) mass is 441 g/mol. The molecule has 2 heterocycles. The lowest BCUT2D eigenvalue weighted by Gasteiger charge is -2.18. The lowest BCUT2D eigenvalue weighted by Crippen LogP contribution is -2.36. The van der Waals surface area contributed by atoms with Gasteiger partial charge in [0.15, 0.2) is 12.2 Å². The zero-order valence-corrected chi connectivity index (χ0v) is 16.5. The van der Waals surface area contributed by atoms with E-state index in [9.17, 15) is 24.5 Å². The van der Waals surface area contributed by atoms with E-state index in [2.05, 4.69) is 9.57 Å². The van der Waals surface area contributed by atoms with Gasteiger partial charge in [-0.1, -0.05) is 12.1 Å². The maximum absolute atomic E-state index is 12.6. The normalized spacial score (nSPS) is 25.1. The van der Waals surface area contributed by atoms with E-state index < -0.39 is 53.9 Å². The van der Waals surface area contributed by atoms with E-state index in [0.29, 0.717) is 0 Å². The van der Waals surface area contributed by atoms with Crippen LogP contribution in [0.2, 0.25) is 0 Å². The highest BCUT2D eigenvalue weighted by molar-refractivity contribution is 5.93. The molecule has 2 saturated heterocycles. The van der Waals surface area contributed by atoms with Crippen LogP contribution in [-0.2, 0) is 33.3 Å². The fraction of sp³-hybridized carbons (Fsp3) is 0.500. The molecular weight excluding hydrogens is 422 g/mol. The second kappa shape index (κ2) is 9.57. The summed E-state index contributed by atoms with van der Waals surface area (Å²) in [6.07, 6.45) is -5.79. The van der Waals surface area contributed by atoms with E-state index in [1.54, 1.807) is 12.1 Å². The molecule has 2 aliphatic heterocycles. The molecule has 0 aromatic heterocycles. The zero-order valence-electron chi connectivity index (χ0n) is 16.5. The quantitative estimate of drug-likeness (QED) is 0.195. The van der Waals surface area contributed by atoms with E-state index in [1.165, 1.54) is 19.1 Å². The Bertz CT molecular complexity index is 858. The third kappa shape index (κ3) is 5.58. The summed E-state index contributed by atoms with van der Waals surface area (Å²) in [4.78, 5) is 49.8. The maximum atomic E-state index is 12.6.